The maximum absolute atomic E-state index is 13.6. The van der Waals surface area contributed by atoms with Gasteiger partial charge in [-0.3, -0.25) is 4.79 Å². The number of carbonyl (C=O) groups is 1. The van der Waals surface area contributed by atoms with Gasteiger partial charge in [-0.25, -0.2) is 12.8 Å². The molecule has 2 aliphatic rings. The first-order valence-electron chi connectivity index (χ1n) is 9.50. The Morgan fingerprint density at radius 1 is 1.26 bits per heavy atom. The summed E-state index contributed by atoms with van der Waals surface area (Å²) in [4.78, 5) is 14.2. The molecule has 2 fully saturated rings. The summed E-state index contributed by atoms with van der Waals surface area (Å²) in [7, 11) is -3.73. The molecule has 0 bridgehead atoms. The molecule has 150 valence electrons. The smallest absolute Gasteiger partial charge is 0.243 e. The van der Waals surface area contributed by atoms with Gasteiger partial charge in [-0.1, -0.05) is 6.07 Å². The number of hydrogen-bond acceptors (Lipinski definition) is 4. The molecule has 0 N–H and O–H groups in total. The van der Waals surface area contributed by atoms with Gasteiger partial charge in [0.15, 0.2) is 0 Å². The van der Waals surface area contributed by atoms with E-state index in [2.05, 4.69) is 0 Å². The monoisotopic (exact) mass is 398 g/mol. The number of aryl methyl sites for hydroxylation is 1. The van der Waals surface area contributed by atoms with Crippen LogP contribution in [0.3, 0.4) is 0 Å². The zero-order chi connectivity index (χ0) is 19.4. The van der Waals surface area contributed by atoms with Gasteiger partial charge >= 0.3 is 0 Å². The Morgan fingerprint density at radius 3 is 2.74 bits per heavy atom. The molecule has 1 atom stereocenters. The fourth-order valence-corrected chi connectivity index (χ4v) is 5.56. The summed E-state index contributed by atoms with van der Waals surface area (Å²) in [5.41, 5.74) is 0.543. The lowest BCUT2D eigenvalue weighted by atomic mass is 9.94. The van der Waals surface area contributed by atoms with Crippen LogP contribution in [0.15, 0.2) is 23.1 Å². The lowest BCUT2D eigenvalue weighted by molar-refractivity contribution is -0.135. The van der Waals surface area contributed by atoms with Gasteiger partial charge in [0.25, 0.3) is 0 Å². The fraction of sp³-hybridized carbons (Fsp3) is 0.632. The Morgan fingerprint density at radius 2 is 2.00 bits per heavy atom. The maximum atomic E-state index is 13.6. The molecular weight excluding hydrogens is 371 g/mol. The number of hydrogen-bond donors (Lipinski definition) is 0. The number of sulfonamides is 1. The molecule has 2 aliphatic heterocycles. The number of rotatable bonds is 5. The van der Waals surface area contributed by atoms with Gasteiger partial charge in [-0.15, -0.1) is 0 Å². The van der Waals surface area contributed by atoms with E-state index in [0.29, 0.717) is 57.8 Å². The van der Waals surface area contributed by atoms with Gasteiger partial charge in [0.05, 0.1) is 18.1 Å². The fourth-order valence-electron chi connectivity index (χ4n) is 3.77. The first kappa shape index (κ1) is 20.2. The van der Waals surface area contributed by atoms with Crippen molar-refractivity contribution in [1.82, 2.24) is 9.21 Å². The number of ether oxygens (including phenoxy) is 1. The van der Waals surface area contributed by atoms with Crippen molar-refractivity contribution in [2.75, 3.05) is 39.4 Å². The highest BCUT2D eigenvalue weighted by atomic mass is 32.2. The van der Waals surface area contributed by atoms with Crippen LogP contribution in [0.25, 0.3) is 0 Å². The van der Waals surface area contributed by atoms with E-state index in [9.17, 15) is 17.6 Å². The molecule has 0 saturated carbocycles. The standard InChI is InChI=1S/C19H27FN2O4S/c1-15-4-6-17(20)13-18(15)27(24,25)22-8-2-3-16(14-22)5-7-19(23)21-9-11-26-12-10-21/h4,6,13,16H,2-3,5,7-12,14H2,1H3/t16-/m0/s1. The number of carbonyl (C=O) groups excluding carboxylic acids is 1. The first-order valence-corrected chi connectivity index (χ1v) is 10.9. The average molecular weight is 399 g/mol. The lowest BCUT2D eigenvalue weighted by Crippen LogP contribution is -2.42. The molecule has 8 heteroatoms. The van der Waals surface area contributed by atoms with Gasteiger partial charge in [0.2, 0.25) is 15.9 Å². The Kier molecular flexibility index (Phi) is 6.49. The minimum Gasteiger partial charge on any atom is -0.378 e. The Bertz CT molecular complexity index is 778. The number of nitrogens with zero attached hydrogens (tertiary/aromatic N) is 2. The van der Waals surface area contributed by atoms with E-state index in [1.807, 2.05) is 4.90 Å². The summed E-state index contributed by atoms with van der Waals surface area (Å²) >= 11 is 0. The third-order valence-electron chi connectivity index (χ3n) is 5.38. The molecule has 0 aliphatic carbocycles. The van der Waals surface area contributed by atoms with Crippen LogP contribution in [0.2, 0.25) is 0 Å². The van der Waals surface area contributed by atoms with Crippen LogP contribution in [-0.2, 0) is 19.6 Å². The summed E-state index contributed by atoms with van der Waals surface area (Å²) in [6.07, 6.45) is 2.76. The topological polar surface area (TPSA) is 66.9 Å². The largest absolute Gasteiger partial charge is 0.378 e. The number of piperidine rings is 1. The molecule has 0 spiro atoms. The van der Waals surface area contributed by atoms with Crippen molar-refractivity contribution < 1.29 is 22.3 Å². The number of morpholine rings is 1. The zero-order valence-electron chi connectivity index (χ0n) is 15.7. The van der Waals surface area contributed by atoms with E-state index in [1.165, 1.54) is 16.4 Å². The maximum Gasteiger partial charge on any atom is 0.243 e. The van der Waals surface area contributed by atoms with Crippen LogP contribution in [0.1, 0.15) is 31.2 Å². The molecule has 1 amide bonds. The zero-order valence-corrected chi connectivity index (χ0v) is 16.5. The minimum absolute atomic E-state index is 0.0348. The van der Waals surface area contributed by atoms with Crippen molar-refractivity contribution in [2.45, 2.75) is 37.5 Å². The number of halogens is 1. The summed E-state index contributed by atoms with van der Waals surface area (Å²) < 4.78 is 46.2. The van der Waals surface area contributed by atoms with Crippen molar-refractivity contribution in [3.8, 4) is 0 Å². The van der Waals surface area contributed by atoms with E-state index in [0.717, 1.165) is 18.9 Å². The molecular formula is C19H27FN2O4S. The Hall–Kier alpha value is -1.51. The van der Waals surface area contributed by atoms with Crippen LogP contribution in [0.5, 0.6) is 0 Å². The highest BCUT2D eigenvalue weighted by molar-refractivity contribution is 7.89. The number of amides is 1. The van der Waals surface area contributed by atoms with Crippen LogP contribution < -0.4 is 0 Å². The van der Waals surface area contributed by atoms with E-state index >= 15 is 0 Å². The number of benzene rings is 1. The van der Waals surface area contributed by atoms with E-state index in [4.69, 9.17) is 4.74 Å². The minimum atomic E-state index is -3.73. The molecule has 0 radical (unpaired) electrons. The highest BCUT2D eigenvalue weighted by Gasteiger charge is 2.32. The Labute approximate surface area is 160 Å². The third kappa shape index (κ3) is 4.86. The molecule has 0 aromatic heterocycles. The average Bonchev–Trinajstić information content (AvgIpc) is 2.68. The molecule has 27 heavy (non-hydrogen) atoms. The van der Waals surface area contributed by atoms with Crippen molar-refractivity contribution >= 4 is 15.9 Å². The molecule has 1 aromatic rings. The van der Waals surface area contributed by atoms with Crippen LogP contribution in [0, 0.1) is 18.7 Å². The summed E-state index contributed by atoms with van der Waals surface area (Å²) in [6.45, 7) is 4.91. The van der Waals surface area contributed by atoms with Crippen molar-refractivity contribution in [3.63, 3.8) is 0 Å². The van der Waals surface area contributed by atoms with Gasteiger partial charge in [-0.2, -0.15) is 4.31 Å². The van der Waals surface area contributed by atoms with Gasteiger partial charge in [0.1, 0.15) is 5.82 Å². The molecule has 0 unspecified atom stereocenters. The lowest BCUT2D eigenvalue weighted by Gasteiger charge is -2.33. The van der Waals surface area contributed by atoms with E-state index in [1.54, 1.807) is 6.92 Å². The first-order chi connectivity index (χ1) is 12.9. The second-order valence-electron chi connectivity index (χ2n) is 7.31. The normalized spacial score (nSPS) is 22.0. The highest BCUT2D eigenvalue weighted by Crippen LogP contribution is 2.28. The van der Waals surface area contributed by atoms with Crippen LogP contribution in [-0.4, -0.2) is 62.9 Å². The van der Waals surface area contributed by atoms with Gasteiger partial charge in [-0.05, 0) is 49.8 Å². The second kappa shape index (κ2) is 8.67. The van der Waals surface area contributed by atoms with E-state index < -0.39 is 15.8 Å². The SMILES string of the molecule is Cc1ccc(F)cc1S(=O)(=O)N1CCC[C@@H](CCC(=O)N2CCOCC2)C1. The predicted octanol–water partition coefficient (Wildman–Crippen LogP) is 2.17. The second-order valence-corrected chi connectivity index (χ2v) is 9.22. The summed E-state index contributed by atoms with van der Waals surface area (Å²) in [5, 5.41) is 0. The summed E-state index contributed by atoms with van der Waals surface area (Å²) in [5.74, 6) is -0.296. The van der Waals surface area contributed by atoms with Crippen LogP contribution >= 0.6 is 0 Å². The third-order valence-corrected chi connectivity index (χ3v) is 7.39. The molecule has 1 aromatic carbocycles. The van der Waals surface area contributed by atoms with Gasteiger partial charge < -0.3 is 9.64 Å². The van der Waals surface area contributed by atoms with Gasteiger partial charge in [0, 0.05) is 32.6 Å². The van der Waals surface area contributed by atoms with Crippen LogP contribution in [0.4, 0.5) is 4.39 Å². The quantitative estimate of drug-likeness (QED) is 0.763. The molecule has 3 rings (SSSR count). The van der Waals surface area contributed by atoms with E-state index in [-0.39, 0.29) is 16.7 Å². The van der Waals surface area contributed by atoms with Crippen molar-refractivity contribution in [2.24, 2.45) is 5.92 Å². The van der Waals surface area contributed by atoms with Crippen molar-refractivity contribution in [1.29, 1.82) is 0 Å². The molecule has 2 heterocycles. The Balaban J connectivity index is 1.61. The molecule has 2 saturated heterocycles. The predicted molar refractivity (Wildman–Crippen MR) is 99.3 cm³/mol. The summed E-state index contributed by atoms with van der Waals surface area (Å²) in [6, 6.07) is 3.85. The van der Waals surface area contributed by atoms with Crippen molar-refractivity contribution in [3.05, 3.63) is 29.6 Å². The molecule has 6 nitrogen and oxygen atoms in total.